The summed E-state index contributed by atoms with van der Waals surface area (Å²) in [6.45, 7) is 4.26. The fourth-order valence-corrected chi connectivity index (χ4v) is 2.41. The van der Waals surface area contributed by atoms with Crippen LogP contribution < -0.4 is 10.7 Å². The molecular formula is C20H22ClN3O2. The number of anilines is 1. The Balaban J connectivity index is 1.73. The van der Waals surface area contributed by atoms with Gasteiger partial charge < -0.3 is 5.32 Å². The van der Waals surface area contributed by atoms with Crippen molar-refractivity contribution in [1.82, 2.24) is 5.43 Å². The van der Waals surface area contributed by atoms with E-state index in [9.17, 15) is 9.59 Å². The fraction of sp³-hybridized carbons (Fsp3) is 0.250. The fourth-order valence-electron chi connectivity index (χ4n) is 2.22. The molecular weight excluding hydrogens is 350 g/mol. The SMILES string of the molecule is CC(C)c1ccc(C=NNC(=O)CCC(=O)Nc2cccc(Cl)c2)cc1. The van der Waals surface area contributed by atoms with Crippen molar-refractivity contribution in [1.29, 1.82) is 0 Å². The van der Waals surface area contributed by atoms with Gasteiger partial charge in [0.05, 0.1) is 6.21 Å². The van der Waals surface area contributed by atoms with E-state index < -0.39 is 0 Å². The highest BCUT2D eigenvalue weighted by Gasteiger charge is 2.07. The van der Waals surface area contributed by atoms with Crippen LogP contribution in [0.25, 0.3) is 0 Å². The summed E-state index contributed by atoms with van der Waals surface area (Å²) in [5.74, 6) is -0.101. The third-order valence-corrected chi connectivity index (χ3v) is 3.93. The van der Waals surface area contributed by atoms with E-state index in [1.54, 1.807) is 30.5 Å². The lowest BCUT2D eigenvalue weighted by Crippen LogP contribution is -2.20. The summed E-state index contributed by atoms with van der Waals surface area (Å²) in [6.07, 6.45) is 1.70. The topological polar surface area (TPSA) is 70.6 Å². The summed E-state index contributed by atoms with van der Waals surface area (Å²) in [5, 5.41) is 7.15. The molecule has 0 aliphatic rings. The Morgan fingerprint density at radius 2 is 1.77 bits per heavy atom. The summed E-state index contributed by atoms with van der Waals surface area (Å²) in [7, 11) is 0. The Labute approximate surface area is 158 Å². The number of amides is 2. The summed E-state index contributed by atoms with van der Waals surface area (Å²) in [4.78, 5) is 23.6. The summed E-state index contributed by atoms with van der Waals surface area (Å²) in [5.41, 5.74) is 5.17. The van der Waals surface area contributed by atoms with Gasteiger partial charge in [0.1, 0.15) is 0 Å². The molecule has 0 spiro atoms. The van der Waals surface area contributed by atoms with Crippen molar-refractivity contribution >= 4 is 35.3 Å². The molecule has 0 bridgehead atoms. The van der Waals surface area contributed by atoms with Gasteiger partial charge in [-0.3, -0.25) is 9.59 Å². The van der Waals surface area contributed by atoms with Crippen molar-refractivity contribution in [2.75, 3.05) is 5.32 Å². The zero-order chi connectivity index (χ0) is 18.9. The average molecular weight is 372 g/mol. The van der Waals surface area contributed by atoms with Crippen LogP contribution in [0.4, 0.5) is 5.69 Å². The summed E-state index contributed by atoms with van der Waals surface area (Å²) < 4.78 is 0. The van der Waals surface area contributed by atoms with Gasteiger partial charge in [0.15, 0.2) is 0 Å². The van der Waals surface area contributed by atoms with Gasteiger partial charge in [-0.05, 0) is 35.2 Å². The maximum Gasteiger partial charge on any atom is 0.240 e. The summed E-state index contributed by atoms with van der Waals surface area (Å²) >= 11 is 5.86. The first-order valence-corrected chi connectivity index (χ1v) is 8.79. The molecule has 0 saturated carbocycles. The van der Waals surface area contributed by atoms with Crippen LogP contribution in [0.3, 0.4) is 0 Å². The standard InChI is InChI=1S/C20H22ClN3O2/c1-14(2)16-8-6-15(7-9-16)13-22-24-20(26)11-10-19(25)23-18-5-3-4-17(21)12-18/h3-9,12-14H,10-11H2,1-2H3,(H,23,25)(H,24,26). The number of halogens is 1. The molecule has 0 unspecified atom stereocenters. The monoisotopic (exact) mass is 371 g/mol. The Hall–Kier alpha value is -2.66. The van der Waals surface area contributed by atoms with Crippen molar-refractivity contribution in [2.45, 2.75) is 32.6 Å². The van der Waals surface area contributed by atoms with Crippen LogP contribution in [-0.4, -0.2) is 18.0 Å². The Bertz CT molecular complexity index is 786. The maximum atomic E-state index is 11.8. The number of nitrogens with one attached hydrogen (secondary N) is 2. The van der Waals surface area contributed by atoms with Gasteiger partial charge in [-0.15, -0.1) is 0 Å². The van der Waals surface area contributed by atoms with Crippen LogP contribution in [0.1, 0.15) is 43.7 Å². The van der Waals surface area contributed by atoms with E-state index in [1.807, 2.05) is 24.3 Å². The second-order valence-corrected chi connectivity index (χ2v) is 6.61. The van der Waals surface area contributed by atoms with Crippen LogP contribution in [0.15, 0.2) is 53.6 Å². The minimum absolute atomic E-state index is 0.0516. The number of hydrogen-bond donors (Lipinski definition) is 2. The van der Waals surface area contributed by atoms with Gasteiger partial charge in [-0.25, -0.2) is 5.43 Å². The summed E-state index contributed by atoms with van der Waals surface area (Å²) in [6, 6.07) is 14.8. The minimum atomic E-state index is -0.318. The minimum Gasteiger partial charge on any atom is -0.326 e. The lowest BCUT2D eigenvalue weighted by molar-refractivity contribution is -0.124. The first kappa shape index (κ1) is 19.7. The van der Waals surface area contributed by atoms with Crippen molar-refractivity contribution in [2.24, 2.45) is 5.10 Å². The molecule has 6 heteroatoms. The molecule has 26 heavy (non-hydrogen) atoms. The van der Waals surface area contributed by atoms with Gasteiger partial charge in [0.2, 0.25) is 11.8 Å². The third-order valence-electron chi connectivity index (χ3n) is 3.69. The van der Waals surface area contributed by atoms with E-state index in [-0.39, 0.29) is 24.7 Å². The lowest BCUT2D eigenvalue weighted by Gasteiger charge is -2.05. The molecule has 0 aliphatic heterocycles. The Kier molecular flexibility index (Phi) is 7.36. The van der Waals surface area contributed by atoms with Crippen molar-refractivity contribution in [3.8, 4) is 0 Å². The Morgan fingerprint density at radius 1 is 1.08 bits per heavy atom. The van der Waals surface area contributed by atoms with Gasteiger partial charge in [-0.1, -0.05) is 55.8 Å². The van der Waals surface area contributed by atoms with Crippen LogP contribution in [0.2, 0.25) is 5.02 Å². The highest BCUT2D eigenvalue weighted by atomic mass is 35.5. The van der Waals surface area contributed by atoms with Crippen LogP contribution >= 0.6 is 11.6 Å². The van der Waals surface area contributed by atoms with Gasteiger partial charge in [0, 0.05) is 23.6 Å². The number of nitrogens with zero attached hydrogens (tertiary/aromatic N) is 1. The second-order valence-electron chi connectivity index (χ2n) is 6.17. The van der Waals surface area contributed by atoms with E-state index in [2.05, 4.69) is 29.7 Å². The van der Waals surface area contributed by atoms with Gasteiger partial charge >= 0.3 is 0 Å². The maximum absolute atomic E-state index is 11.8. The predicted octanol–water partition coefficient (Wildman–Crippen LogP) is 4.33. The molecule has 2 aromatic rings. The molecule has 0 saturated heterocycles. The van der Waals surface area contributed by atoms with Gasteiger partial charge in [0.25, 0.3) is 0 Å². The number of carbonyl (C=O) groups excluding carboxylic acids is 2. The number of rotatable bonds is 7. The predicted molar refractivity (Wildman–Crippen MR) is 106 cm³/mol. The van der Waals surface area contributed by atoms with Crippen LogP contribution in [0, 0.1) is 0 Å². The molecule has 0 atom stereocenters. The molecule has 2 aromatic carbocycles. The molecule has 136 valence electrons. The number of hydrogen-bond acceptors (Lipinski definition) is 3. The molecule has 2 amide bonds. The molecule has 0 fully saturated rings. The molecule has 5 nitrogen and oxygen atoms in total. The molecule has 0 heterocycles. The molecule has 0 aliphatic carbocycles. The van der Waals surface area contributed by atoms with Crippen molar-refractivity contribution in [3.05, 3.63) is 64.7 Å². The third kappa shape index (κ3) is 6.69. The van der Waals surface area contributed by atoms with Crippen LogP contribution in [0.5, 0.6) is 0 Å². The first-order valence-electron chi connectivity index (χ1n) is 8.41. The quantitative estimate of drug-likeness (QED) is 0.561. The first-order chi connectivity index (χ1) is 12.4. The average Bonchev–Trinajstić information content (AvgIpc) is 2.60. The largest absolute Gasteiger partial charge is 0.326 e. The van der Waals surface area contributed by atoms with Crippen LogP contribution in [-0.2, 0) is 9.59 Å². The smallest absolute Gasteiger partial charge is 0.240 e. The molecule has 2 N–H and O–H groups in total. The lowest BCUT2D eigenvalue weighted by atomic mass is 10.0. The highest BCUT2D eigenvalue weighted by Crippen LogP contribution is 2.15. The van der Waals surface area contributed by atoms with E-state index in [0.717, 1.165) is 5.56 Å². The van der Waals surface area contributed by atoms with E-state index in [0.29, 0.717) is 16.6 Å². The van der Waals surface area contributed by atoms with E-state index in [4.69, 9.17) is 11.6 Å². The molecule has 0 aromatic heterocycles. The van der Waals surface area contributed by atoms with Gasteiger partial charge in [-0.2, -0.15) is 5.10 Å². The number of hydrazone groups is 1. The van der Waals surface area contributed by atoms with E-state index >= 15 is 0 Å². The Morgan fingerprint density at radius 3 is 2.42 bits per heavy atom. The second kappa shape index (κ2) is 9.73. The van der Waals surface area contributed by atoms with E-state index in [1.165, 1.54) is 5.56 Å². The van der Waals surface area contributed by atoms with Crippen molar-refractivity contribution < 1.29 is 9.59 Å². The normalized spacial score (nSPS) is 10.9. The zero-order valence-electron chi connectivity index (χ0n) is 14.8. The van der Waals surface area contributed by atoms with Crippen molar-refractivity contribution in [3.63, 3.8) is 0 Å². The highest BCUT2D eigenvalue weighted by molar-refractivity contribution is 6.30. The molecule has 0 radical (unpaired) electrons. The molecule has 2 rings (SSSR count). The zero-order valence-corrected chi connectivity index (χ0v) is 15.6. The number of benzene rings is 2. The number of carbonyl (C=O) groups is 2.